The van der Waals surface area contributed by atoms with Gasteiger partial charge in [0.15, 0.2) is 0 Å². The predicted molar refractivity (Wildman–Crippen MR) is 101 cm³/mol. The molecule has 0 aliphatic carbocycles. The Morgan fingerprint density at radius 1 is 1.08 bits per heavy atom. The van der Waals surface area contributed by atoms with E-state index in [1.165, 1.54) is 23.1 Å². The van der Waals surface area contributed by atoms with E-state index in [-0.39, 0.29) is 24.7 Å². The first-order valence-electron chi connectivity index (χ1n) is 7.73. The van der Waals surface area contributed by atoms with Crippen LogP contribution in [0.3, 0.4) is 0 Å². The van der Waals surface area contributed by atoms with Gasteiger partial charge in [-0.25, -0.2) is 0 Å². The van der Waals surface area contributed by atoms with Crippen molar-refractivity contribution in [2.75, 3.05) is 18.4 Å². The van der Waals surface area contributed by atoms with E-state index in [1.54, 1.807) is 31.2 Å². The van der Waals surface area contributed by atoms with Gasteiger partial charge in [-0.15, -0.1) is 0 Å². The van der Waals surface area contributed by atoms with Gasteiger partial charge in [0, 0.05) is 15.7 Å². The number of carbonyl (C=O) groups is 2. The largest absolute Gasteiger partial charge is 0.418 e. The molecule has 0 atom stereocenters. The van der Waals surface area contributed by atoms with Crippen molar-refractivity contribution in [3.63, 3.8) is 0 Å². The van der Waals surface area contributed by atoms with Crippen molar-refractivity contribution in [3.05, 3.63) is 63.2 Å². The van der Waals surface area contributed by atoms with Crippen molar-refractivity contribution in [1.82, 2.24) is 4.90 Å². The summed E-state index contributed by atoms with van der Waals surface area (Å²) in [4.78, 5) is 25.9. The fourth-order valence-electron chi connectivity index (χ4n) is 2.30. The summed E-state index contributed by atoms with van der Waals surface area (Å²) in [6.45, 7) is 1.61. The van der Waals surface area contributed by atoms with Crippen LogP contribution in [-0.4, -0.2) is 29.8 Å². The molecule has 138 valence electrons. The number of benzene rings is 2. The Hall–Kier alpha value is -2.10. The summed E-state index contributed by atoms with van der Waals surface area (Å²) in [5, 5.41) is 2.24. The number of halogens is 4. The molecular formula is C18H16F3IN2O2. The van der Waals surface area contributed by atoms with Gasteiger partial charge >= 0.3 is 6.18 Å². The van der Waals surface area contributed by atoms with Crippen LogP contribution in [0.2, 0.25) is 0 Å². The van der Waals surface area contributed by atoms with Crippen LogP contribution >= 0.6 is 22.6 Å². The van der Waals surface area contributed by atoms with Crippen molar-refractivity contribution in [2.45, 2.75) is 13.1 Å². The molecule has 2 aromatic rings. The molecular weight excluding hydrogens is 460 g/mol. The van der Waals surface area contributed by atoms with Gasteiger partial charge in [-0.05, 0) is 65.9 Å². The predicted octanol–water partition coefficient (Wildman–Crippen LogP) is 4.41. The zero-order valence-electron chi connectivity index (χ0n) is 13.8. The summed E-state index contributed by atoms with van der Waals surface area (Å²) in [6, 6.07) is 11.5. The number of para-hydroxylation sites is 1. The monoisotopic (exact) mass is 476 g/mol. The molecule has 2 aromatic carbocycles. The van der Waals surface area contributed by atoms with Crippen LogP contribution in [-0.2, 0) is 11.0 Å². The second kappa shape index (κ2) is 8.52. The highest BCUT2D eigenvalue weighted by atomic mass is 127. The van der Waals surface area contributed by atoms with E-state index >= 15 is 0 Å². The lowest BCUT2D eigenvalue weighted by molar-refractivity contribution is -0.137. The van der Waals surface area contributed by atoms with Crippen molar-refractivity contribution in [3.8, 4) is 0 Å². The number of hydrogen-bond donors (Lipinski definition) is 1. The summed E-state index contributed by atoms with van der Waals surface area (Å²) in [5.74, 6) is -1.05. The van der Waals surface area contributed by atoms with Crippen molar-refractivity contribution in [2.24, 2.45) is 0 Å². The van der Waals surface area contributed by atoms with Crippen LogP contribution < -0.4 is 5.32 Å². The molecule has 0 saturated heterocycles. The third-order valence-corrected chi connectivity index (χ3v) is 4.32. The SMILES string of the molecule is CCN(CC(=O)Nc1ccccc1C(F)(F)F)C(=O)c1ccc(I)cc1. The van der Waals surface area contributed by atoms with Crippen LogP contribution in [0.25, 0.3) is 0 Å². The molecule has 2 rings (SSSR count). The van der Waals surface area contributed by atoms with Crippen LogP contribution in [0, 0.1) is 3.57 Å². The molecule has 2 amide bonds. The quantitative estimate of drug-likeness (QED) is 0.651. The van der Waals surface area contributed by atoms with Gasteiger partial charge in [0.1, 0.15) is 6.54 Å². The molecule has 0 unspecified atom stereocenters. The number of amides is 2. The number of likely N-dealkylation sites (N-methyl/N-ethyl adjacent to an activating group) is 1. The van der Waals surface area contributed by atoms with Crippen LogP contribution in [0.15, 0.2) is 48.5 Å². The second-order valence-electron chi connectivity index (χ2n) is 5.42. The van der Waals surface area contributed by atoms with Gasteiger partial charge in [0.05, 0.1) is 11.3 Å². The summed E-state index contributed by atoms with van der Waals surface area (Å²) >= 11 is 2.11. The normalized spacial score (nSPS) is 11.1. The van der Waals surface area contributed by atoms with Gasteiger partial charge in [-0.3, -0.25) is 9.59 Å². The van der Waals surface area contributed by atoms with Crippen LogP contribution in [0.1, 0.15) is 22.8 Å². The van der Waals surface area contributed by atoms with Crippen LogP contribution in [0.4, 0.5) is 18.9 Å². The summed E-state index contributed by atoms with van der Waals surface area (Å²) in [6.07, 6.45) is -4.58. The molecule has 0 spiro atoms. The van der Waals surface area contributed by atoms with Gasteiger partial charge in [0.25, 0.3) is 5.91 Å². The van der Waals surface area contributed by atoms with E-state index in [2.05, 4.69) is 27.9 Å². The topological polar surface area (TPSA) is 49.4 Å². The molecule has 0 saturated carbocycles. The number of alkyl halides is 3. The van der Waals surface area contributed by atoms with Crippen molar-refractivity contribution >= 4 is 40.1 Å². The molecule has 26 heavy (non-hydrogen) atoms. The van der Waals surface area contributed by atoms with Gasteiger partial charge in [-0.1, -0.05) is 12.1 Å². The molecule has 0 aromatic heterocycles. The lowest BCUT2D eigenvalue weighted by atomic mass is 10.1. The fraction of sp³-hybridized carbons (Fsp3) is 0.222. The van der Waals surface area contributed by atoms with Crippen molar-refractivity contribution < 1.29 is 22.8 Å². The van der Waals surface area contributed by atoms with E-state index in [1.807, 2.05) is 0 Å². The maximum Gasteiger partial charge on any atom is 0.418 e. The van der Waals surface area contributed by atoms with E-state index in [0.717, 1.165) is 9.64 Å². The average Bonchev–Trinajstić information content (AvgIpc) is 2.59. The summed E-state index contributed by atoms with van der Waals surface area (Å²) < 4.78 is 39.9. The smallest absolute Gasteiger partial charge is 0.330 e. The minimum absolute atomic E-state index is 0.249. The van der Waals surface area contributed by atoms with Gasteiger partial charge in [-0.2, -0.15) is 13.2 Å². The molecule has 0 aliphatic heterocycles. The Kier molecular flexibility index (Phi) is 6.63. The Bertz CT molecular complexity index is 792. The van der Waals surface area contributed by atoms with Gasteiger partial charge in [0.2, 0.25) is 5.91 Å². The minimum atomic E-state index is -4.58. The maximum atomic E-state index is 13.0. The molecule has 0 heterocycles. The van der Waals surface area contributed by atoms with E-state index in [4.69, 9.17) is 0 Å². The number of carbonyl (C=O) groups excluding carboxylic acids is 2. The molecule has 4 nitrogen and oxygen atoms in total. The third kappa shape index (κ3) is 5.20. The Morgan fingerprint density at radius 2 is 1.69 bits per heavy atom. The average molecular weight is 476 g/mol. The molecule has 1 N–H and O–H groups in total. The first-order valence-corrected chi connectivity index (χ1v) is 8.81. The molecule has 0 fully saturated rings. The number of rotatable bonds is 5. The third-order valence-electron chi connectivity index (χ3n) is 3.60. The molecule has 0 radical (unpaired) electrons. The van der Waals surface area contributed by atoms with Crippen LogP contribution in [0.5, 0.6) is 0 Å². The first kappa shape index (κ1) is 20.2. The Balaban J connectivity index is 2.11. The Labute approximate surface area is 162 Å². The van der Waals surface area contributed by atoms with E-state index in [9.17, 15) is 22.8 Å². The molecule has 0 bridgehead atoms. The lowest BCUT2D eigenvalue weighted by Crippen LogP contribution is -2.38. The fourth-order valence-corrected chi connectivity index (χ4v) is 2.66. The summed E-state index contributed by atoms with van der Waals surface area (Å²) in [7, 11) is 0. The zero-order chi connectivity index (χ0) is 19.3. The highest BCUT2D eigenvalue weighted by molar-refractivity contribution is 14.1. The highest BCUT2D eigenvalue weighted by Crippen LogP contribution is 2.34. The number of anilines is 1. The first-order chi connectivity index (χ1) is 12.2. The highest BCUT2D eigenvalue weighted by Gasteiger charge is 2.33. The van der Waals surface area contributed by atoms with Gasteiger partial charge < -0.3 is 10.2 Å². The standard InChI is InChI=1S/C18H16F3IN2O2/c1-2-24(17(26)12-7-9-13(22)10-8-12)11-16(25)23-15-6-4-3-5-14(15)18(19,20)21/h3-10H,2,11H2,1H3,(H,23,25). The number of nitrogens with zero attached hydrogens (tertiary/aromatic N) is 1. The maximum absolute atomic E-state index is 13.0. The number of hydrogen-bond acceptors (Lipinski definition) is 2. The zero-order valence-corrected chi connectivity index (χ0v) is 16.0. The summed E-state index contributed by atoms with van der Waals surface area (Å²) in [5.41, 5.74) is -0.848. The lowest BCUT2D eigenvalue weighted by Gasteiger charge is -2.21. The number of nitrogens with one attached hydrogen (secondary N) is 1. The van der Waals surface area contributed by atoms with E-state index in [0.29, 0.717) is 5.56 Å². The van der Waals surface area contributed by atoms with Crippen molar-refractivity contribution in [1.29, 1.82) is 0 Å². The Morgan fingerprint density at radius 3 is 2.27 bits per heavy atom. The molecule has 0 aliphatic rings. The molecule has 8 heteroatoms. The van der Waals surface area contributed by atoms with E-state index < -0.39 is 17.6 Å². The second-order valence-corrected chi connectivity index (χ2v) is 6.66. The minimum Gasteiger partial charge on any atom is -0.330 e.